The molecule has 0 spiro atoms. The van der Waals surface area contributed by atoms with Gasteiger partial charge >= 0.3 is 5.97 Å². The summed E-state index contributed by atoms with van der Waals surface area (Å²) in [6, 6.07) is 0. The molecule has 7 nitrogen and oxygen atoms in total. The molecule has 0 bridgehead atoms. The van der Waals surface area contributed by atoms with Crippen LogP contribution in [-0.4, -0.2) is 26.6 Å². The second kappa shape index (κ2) is 5.52. The highest BCUT2D eigenvalue weighted by atomic mass is 16.4. The summed E-state index contributed by atoms with van der Waals surface area (Å²) in [5.41, 5.74) is 4.02. The first-order chi connectivity index (χ1) is 9.48. The van der Waals surface area contributed by atoms with E-state index in [0.717, 1.165) is 19.3 Å². The van der Waals surface area contributed by atoms with Crippen LogP contribution < -0.4 is 16.6 Å². The summed E-state index contributed by atoms with van der Waals surface area (Å²) >= 11 is 0. The molecule has 1 aliphatic rings. The molecule has 1 aromatic heterocycles. The smallest absolute Gasteiger partial charge is 0.329 e. The van der Waals surface area contributed by atoms with E-state index in [1.165, 1.54) is 6.33 Å². The van der Waals surface area contributed by atoms with Crippen LogP contribution in [0, 0.1) is 5.92 Å². The molecule has 0 unspecified atom stereocenters. The second-order valence-electron chi connectivity index (χ2n) is 5.36. The molecule has 0 amide bonds. The number of nitrogens with zero attached hydrogens (tertiary/aromatic N) is 1. The predicted octanol–water partition coefficient (Wildman–Crippen LogP) is 1.19. The van der Waals surface area contributed by atoms with Crippen LogP contribution in [0.3, 0.4) is 0 Å². The summed E-state index contributed by atoms with van der Waals surface area (Å²) in [5.74, 6) is -0.214. The first-order valence-electron chi connectivity index (χ1n) is 6.83. The van der Waals surface area contributed by atoms with Gasteiger partial charge in [-0.05, 0) is 31.6 Å². The third-order valence-electron chi connectivity index (χ3n) is 4.19. The summed E-state index contributed by atoms with van der Waals surface area (Å²) in [4.78, 5) is 29.4. The van der Waals surface area contributed by atoms with E-state index in [1.807, 2.05) is 0 Å². The number of nitrogens with two attached hydrogens (primary N) is 1. The fourth-order valence-corrected chi connectivity index (χ4v) is 2.71. The molecule has 1 aromatic rings. The predicted molar refractivity (Wildman–Crippen MR) is 75.5 cm³/mol. The first-order valence-corrected chi connectivity index (χ1v) is 6.83. The zero-order valence-electron chi connectivity index (χ0n) is 11.5. The van der Waals surface area contributed by atoms with E-state index in [-0.39, 0.29) is 11.5 Å². The third kappa shape index (κ3) is 2.61. The fourth-order valence-electron chi connectivity index (χ4n) is 2.71. The lowest BCUT2D eigenvalue weighted by Crippen LogP contribution is -2.49. The Bertz CT molecular complexity index is 547. The van der Waals surface area contributed by atoms with Gasteiger partial charge in [0.1, 0.15) is 11.2 Å². The Morgan fingerprint density at radius 2 is 2.25 bits per heavy atom. The van der Waals surface area contributed by atoms with Crippen LogP contribution in [0.2, 0.25) is 0 Å². The highest BCUT2D eigenvalue weighted by Crippen LogP contribution is 2.36. The number of rotatable bonds is 4. The number of H-pyrrole nitrogens is 1. The van der Waals surface area contributed by atoms with E-state index in [9.17, 15) is 14.7 Å². The third-order valence-corrected chi connectivity index (χ3v) is 4.19. The number of anilines is 2. The van der Waals surface area contributed by atoms with Crippen molar-refractivity contribution in [2.75, 3.05) is 11.1 Å². The highest BCUT2D eigenvalue weighted by Gasteiger charge is 2.42. The van der Waals surface area contributed by atoms with Crippen molar-refractivity contribution < 1.29 is 9.90 Å². The van der Waals surface area contributed by atoms with Gasteiger partial charge in [0.15, 0.2) is 5.82 Å². The van der Waals surface area contributed by atoms with E-state index >= 15 is 0 Å². The summed E-state index contributed by atoms with van der Waals surface area (Å²) in [6.45, 7) is 2.11. The van der Waals surface area contributed by atoms with Gasteiger partial charge < -0.3 is 21.1 Å². The zero-order valence-corrected chi connectivity index (χ0v) is 11.5. The molecule has 0 aromatic carbocycles. The minimum Gasteiger partial charge on any atom is -0.480 e. The van der Waals surface area contributed by atoms with E-state index in [0.29, 0.717) is 18.8 Å². The summed E-state index contributed by atoms with van der Waals surface area (Å²) in [5, 5.41) is 12.4. The van der Waals surface area contributed by atoms with Crippen molar-refractivity contribution in [3.63, 3.8) is 0 Å². The quantitative estimate of drug-likeness (QED) is 0.657. The number of aromatic amines is 1. The minimum atomic E-state index is -1.08. The van der Waals surface area contributed by atoms with Gasteiger partial charge in [-0.3, -0.25) is 4.79 Å². The van der Waals surface area contributed by atoms with E-state index < -0.39 is 17.1 Å². The number of hydrogen-bond donors (Lipinski definition) is 4. The monoisotopic (exact) mass is 280 g/mol. The molecular weight excluding hydrogens is 260 g/mol. The molecule has 0 radical (unpaired) electrons. The maximum atomic E-state index is 11.7. The Morgan fingerprint density at radius 3 is 2.80 bits per heavy atom. The molecule has 20 heavy (non-hydrogen) atoms. The van der Waals surface area contributed by atoms with Crippen molar-refractivity contribution in [3.8, 4) is 0 Å². The Morgan fingerprint density at radius 1 is 1.60 bits per heavy atom. The molecule has 0 aliphatic heterocycles. The molecule has 1 saturated carbocycles. The number of aromatic nitrogens is 2. The Hall–Kier alpha value is -2.05. The van der Waals surface area contributed by atoms with Gasteiger partial charge in [0.2, 0.25) is 0 Å². The summed E-state index contributed by atoms with van der Waals surface area (Å²) in [6.07, 6.45) is 4.98. The molecule has 2 rings (SSSR count). The van der Waals surface area contributed by atoms with Crippen LogP contribution in [0.4, 0.5) is 11.5 Å². The number of carboxylic acids is 1. The number of carboxylic acid groups (broad SMARTS) is 1. The fraction of sp³-hybridized carbons (Fsp3) is 0.615. The number of hydrogen-bond acceptors (Lipinski definition) is 5. The molecule has 1 heterocycles. The van der Waals surface area contributed by atoms with Gasteiger partial charge in [0.25, 0.3) is 5.56 Å². The summed E-state index contributed by atoms with van der Waals surface area (Å²) < 4.78 is 0. The minimum absolute atomic E-state index is 0.0780. The van der Waals surface area contributed by atoms with Gasteiger partial charge in [-0.15, -0.1) is 0 Å². The zero-order chi connectivity index (χ0) is 14.8. The highest BCUT2D eigenvalue weighted by molar-refractivity contribution is 5.83. The lowest BCUT2D eigenvalue weighted by Gasteiger charge is -2.37. The average molecular weight is 280 g/mol. The van der Waals surface area contributed by atoms with Gasteiger partial charge in [-0.25, -0.2) is 9.78 Å². The molecule has 0 saturated heterocycles. The maximum Gasteiger partial charge on any atom is 0.329 e. The van der Waals surface area contributed by atoms with E-state index in [2.05, 4.69) is 22.2 Å². The molecule has 7 heteroatoms. The topological polar surface area (TPSA) is 121 Å². The standard InChI is InChI=1S/C13H20N4O3/c1-2-8-3-5-13(6-4-8,12(19)20)17-10-9(14)11(18)16-7-15-10/h7-8H,2-6,14H2,1H3,(H,19,20)(H2,15,16,17,18). The van der Waals surface area contributed by atoms with Crippen molar-refractivity contribution >= 4 is 17.5 Å². The SMILES string of the molecule is CCC1CCC(Nc2nc[nH]c(=O)c2N)(C(=O)O)CC1. The first kappa shape index (κ1) is 14.4. The Labute approximate surface area is 116 Å². The van der Waals surface area contributed by atoms with Crippen LogP contribution in [0.25, 0.3) is 0 Å². The molecule has 1 aliphatic carbocycles. The van der Waals surface area contributed by atoms with Gasteiger partial charge in [-0.2, -0.15) is 0 Å². The second-order valence-corrected chi connectivity index (χ2v) is 5.36. The maximum absolute atomic E-state index is 11.7. The van der Waals surface area contributed by atoms with Crippen molar-refractivity contribution in [1.82, 2.24) is 9.97 Å². The van der Waals surface area contributed by atoms with Gasteiger partial charge in [0.05, 0.1) is 6.33 Å². The molecule has 110 valence electrons. The Balaban J connectivity index is 2.25. The van der Waals surface area contributed by atoms with Crippen LogP contribution in [0.1, 0.15) is 39.0 Å². The van der Waals surface area contributed by atoms with E-state index in [4.69, 9.17) is 5.73 Å². The molecule has 1 fully saturated rings. The largest absolute Gasteiger partial charge is 0.480 e. The van der Waals surface area contributed by atoms with Gasteiger partial charge in [0, 0.05) is 0 Å². The lowest BCUT2D eigenvalue weighted by atomic mass is 9.75. The number of nitrogen functional groups attached to an aromatic ring is 1. The van der Waals surface area contributed by atoms with Crippen molar-refractivity contribution in [1.29, 1.82) is 0 Å². The van der Waals surface area contributed by atoms with Gasteiger partial charge in [-0.1, -0.05) is 13.3 Å². The van der Waals surface area contributed by atoms with Crippen LogP contribution in [-0.2, 0) is 4.79 Å². The average Bonchev–Trinajstić information content (AvgIpc) is 2.44. The van der Waals surface area contributed by atoms with Crippen LogP contribution >= 0.6 is 0 Å². The van der Waals surface area contributed by atoms with E-state index in [1.54, 1.807) is 0 Å². The molecule has 5 N–H and O–H groups in total. The summed E-state index contributed by atoms with van der Waals surface area (Å²) in [7, 11) is 0. The molecular formula is C13H20N4O3. The van der Waals surface area contributed by atoms with Crippen LogP contribution in [0.15, 0.2) is 11.1 Å². The number of nitrogens with one attached hydrogen (secondary N) is 2. The lowest BCUT2D eigenvalue weighted by molar-refractivity contribution is -0.143. The van der Waals surface area contributed by atoms with Crippen molar-refractivity contribution in [2.24, 2.45) is 5.92 Å². The van der Waals surface area contributed by atoms with Crippen molar-refractivity contribution in [2.45, 2.75) is 44.6 Å². The Kier molecular flexibility index (Phi) is 3.96. The normalized spacial score (nSPS) is 26.1. The number of carbonyl (C=O) groups is 1. The number of aliphatic carboxylic acids is 1. The van der Waals surface area contributed by atoms with Crippen LogP contribution in [0.5, 0.6) is 0 Å². The molecule has 0 atom stereocenters. The van der Waals surface area contributed by atoms with Crippen molar-refractivity contribution in [3.05, 3.63) is 16.7 Å².